The molecule has 0 spiro atoms. The predicted octanol–water partition coefficient (Wildman–Crippen LogP) is 5.87. The molecule has 1 aliphatic heterocycles. The van der Waals surface area contributed by atoms with Gasteiger partial charge in [0.05, 0.1) is 0 Å². The third-order valence-corrected chi connectivity index (χ3v) is 6.34. The van der Waals surface area contributed by atoms with Crippen LogP contribution in [0.1, 0.15) is 42.1 Å². The number of rotatable bonds is 7. The second kappa shape index (κ2) is 9.93. The van der Waals surface area contributed by atoms with Gasteiger partial charge in [-0.25, -0.2) is 0 Å². The van der Waals surface area contributed by atoms with E-state index in [1.165, 1.54) is 29.4 Å². The van der Waals surface area contributed by atoms with Crippen molar-refractivity contribution >= 4 is 22.8 Å². The smallest absolute Gasteiger partial charge is 0.254 e. The maximum absolute atomic E-state index is 13.5. The maximum Gasteiger partial charge on any atom is 0.254 e. The molecule has 31 heavy (non-hydrogen) atoms. The number of fused-ring (bicyclic) bond motifs is 1. The number of hydrogen-bond donors (Lipinski definition) is 0. The van der Waals surface area contributed by atoms with Crippen LogP contribution in [0.2, 0.25) is 0 Å². The summed E-state index contributed by atoms with van der Waals surface area (Å²) in [6.45, 7) is 4.71. The summed E-state index contributed by atoms with van der Waals surface area (Å²) >= 11 is 0. The Kier molecular flexibility index (Phi) is 6.83. The molecular formula is C28H32N2O. The number of hydrogen-bond acceptors (Lipinski definition) is 2. The van der Waals surface area contributed by atoms with Crippen molar-refractivity contribution in [1.29, 1.82) is 0 Å². The Bertz CT molecular complexity index is 1060. The van der Waals surface area contributed by atoms with Gasteiger partial charge in [0.1, 0.15) is 0 Å². The largest absolute Gasteiger partial charge is 0.335 e. The first-order chi connectivity index (χ1) is 15.1. The van der Waals surface area contributed by atoms with E-state index in [1.54, 1.807) is 0 Å². The average Bonchev–Trinajstić information content (AvgIpc) is 3.21. The van der Waals surface area contributed by atoms with Crippen LogP contribution in [-0.2, 0) is 0 Å². The monoisotopic (exact) mass is 412 g/mol. The van der Waals surface area contributed by atoms with E-state index in [0.29, 0.717) is 12.6 Å². The molecule has 1 saturated heterocycles. The Morgan fingerprint density at radius 1 is 1.03 bits per heavy atom. The molecule has 0 bridgehead atoms. The lowest BCUT2D eigenvalue weighted by atomic mass is 10.0. The van der Waals surface area contributed by atoms with Gasteiger partial charge in [0.2, 0.25) is 0 Å². The normalized spacial score (nSPS) is 17.2. The molecule has 1 fully saturated rings. The quantitative estimate of drug-likeness (QED) is 0.484. The number of amides is 1. The Hall–Kier alpha value is -2.91. The van der Waals surface area contributed by atoms with Gasteiger partial charge in [-0.3, -0.25) is 4.79 Å². The number of carbonyl (C=O) groups excluding carboxylic acids is 1. The van der Waals surface area contributed by atoms with E-state index in [9.17, 15) is 4.79 Å². The zero-order chi connectivity index (χ0) is 21.6. The molecule has 0 radical (unpaired) electrons. The molecule has 1 aliphatic rings. The van der Waals surface area contributed by atoms with E-state index in [0.717, 1.165) is 30.5 Å². The van der Waals surface area contributed by atoms with Crippen molar-refractivity contribution in [2.45, 2.75) is 32.2 Å². The highest BCUT2D eigenvalue weighted by Gasteiger charge is 2.23. The lowest BCUT2D eigenvalue weighted by Crippen LogP contribution is -2.37. The Morgan fingerprint density at radius 2 is 1.77 bits per heavy atom. The molecule has 3 nitrogen and oxygen atoms in total. The van der Waals surface area contributed by atoms with Crippen LogP contribution in [0, 0.1) is 0 Å². The van der Waals surface area contributed by atoms with E-state index in [1.807, 2.05) is 47.4 Å². The predicted molar refractivity (Wildman–Crippen MR) is 130 cm³/mol. The van der Waals surface area contributed by atoms with Gasteiger partial charge in [-0.1, -0.05) is 72.3 Å². The lowest BCUT2D eigenvalue weighted by Gasteiger charge is -2.27. The van der Waals surface area contributed by atoms with Crippen LogP contribution in [0.5, 0.6) is 0 Å². The van der Waals surface area contributed by atoms with Gasteiger partial charge in [-0.05, 0) is 68.2 Å². The molecule has 3 aromatic carbocycles. The number of benzene rings is 3. The molecule has 1 amide bonds. The molecule has 0 aliphatic carbocycles. The molecule has 1 heterocycles. The van der Waals surface area contributed by atoms with Crippen LogP contribution in [0.3, 0.4) is 0 Å². The van der Waals surface area contributed by atoms with Gasteiger partial charge in [0.15, 0.2) is 0 Å². The molecule has 160 valence electrons. The Labute approximate surface area is 186 Å². The molecule has 3 aromatic rings. The van der Waals surface area contributed by atoms with E-state index >= 15 is 0 Å². The van der Waals surface area contributed by atoms with Gasteiger partial charge in [-0.2, -0.15) is 0 Å². The van der Waals surface area contributed by atoms with Gasteiger partial charge < -0.3 is 9.80 Å². The number of likely N-dealkylation sites (tertiary alicyclic amines) is 1. The van der Waals surface area contributed by atoms with Crippen molar-refractivity contribution in [2.75, 3.05) is 26.7 Å². The zero-order valence-electron chi connectivity index (χ0n) is 18.6. The van der Waals surface area contributed by atoms with E-state index in [2.05, 4.69) is 55.3 Å². The van der Waals surface area contributed by atoms with Crippen LogP contribution < -0.4 is 0 Å². The Morgan fingerprint density at radius 3 is 2.52 bits per heavy atom. The SMILES string of the molecule is C/C(=C\c1ccccc1)CN(CCC1CCCN1C)C(=O)c1ccc2ccccc2c1. The maximum atomic E-state index is 13.5. The zero-order valence-corrected chi connectivity index (χ0v) is 18.6. The van der Waals surface area contributed by atoms with Gasteiger partial charge in [0, 0.05) is 24.7 Å². The number of carbonyl (C=O) groups is 1. The fourth-order valence-corrected chi connectivity index (χ4v) is 4.59. The average molecular weight is 413 g/mol. The summed E-state index contributed by atoms with van der Waals surface area (Å²) in [6, 6.07) is 25.2. The van der Waals surface area contributed by atoms with Crippen molar-refractivity contribution in [2.24, 2.45) is 0 Å². The van der Waals surface area contributed by atoms with Gasteiger partial charge in [0.25, 0.3) is 5.91 Å². The van der Waals surface area contributed by atoms with Crippen molar-refractivity contribution in [3.63, 3.8) is 0 Å². The molecule has 1 atom stereocenters. The van der Waals surface area contributed by atoms with Crippen molar-refractivity contribution < 1.29 is 4.79 Å². The molecule has 4 rings (SSSR count). The van der Waals surface area contributed by atoms with Crippen LogP contribution in [-0.4, -0.2) is 48.4 Å². The second-order valence-electron chi connectivity index (χ2n) is 8.76. The second-order valence-corrected chi connectivity index (χ2v) is 8.76. The highest BCUT2D eigenvalue weighted by molar-refractivity contribution is 5.98. The summed E-state index contributed by atoms with van der Waals surface area (Å²) in [5.74, 6) is 0.118. The molecule has 0 N–H and O–H groups in total. The van der Waals surface area contributed by atoms with Crippen LogP contribution in [0.15, 0.2) is 78.4 Å². The van der Waals surface area contributed by atoms with E-state index < -0.39 is 0 Å². The topological polar surface area (TPSA) is 23.6 Å². The van der Waals surface area contributed by atoms with Gasteiger partial charge in [-0.15, -0.1) is 0 Å². The third-order valence-electron chi connectivity index (χ3n) is 6.34. The van der Waals surface area contributed by atoms with Crippen LogP contribution >= 0.6 is 0 Å². The molecular weight excluding hydrogens is 380 g/mol. The molecule has 1 unspecified atom stereocenters. The summed E-state index contributed by atoms with van der Waals surface area (Å²) < 4.78 is 0. The third kappa shape index (κ3) is 5.42. The Balaban J connectivity index is 1.55. The molecule has 0 aromatic heterocycles. The minimum Gasteiger partial charge on any atom is -0.335 e. The standard InChI is InChI=1S/C28H32N2O/c1-22(19-23-9-4-3-5-10-23)21-30(18-16-27-13-8-17-29(27)2)28(31)26-15-14-24-11-6-7-12-25(24)20-26/h3-7,9-12,14-15,19-20,27H,8,13,16-18,21H2,1-2H3/b22-19+. The van der Waals surface area contributed by atoms with Crippen molar-refractivity contribution in [1.82, 2.24) is 9.80 Å². The van der Waals surface area contributed by atoms with Gasteiger partial charge >= 0.3 is 0 Å². The summed E-state index contributed by atoms with van der Waals surface area (Å²) in [5, 5.41) is 2.28. The summed E-state index contributed by atoms with van der Waals surface area (Å²) in [4.78, 5) is 18.0. The first-order valence-electron chi connectivity index (χ1n) is 11.3. The highest BCUT2D eigenvalue weighted by Crippen LogP contribution is 2.21. The fraction of sp³-hybridized carbons (Fsp3) is 0.321. The fourth-order valence-electron chi connectivity index (χ4n) is 4.59. The highest BCUT2D eigenvalue weighted by atomic mass is 16.2. The van der Waals surface area contributed by atoms with Crippen molar-refractivity contribution in [3.05, 3.63) is 89.5 Å². The van der Waals surface area contributed by atoms with Crippen molar-refractivity contribution in [3.8, 4) is 0 Å². The number of nitrogens with zero attached hydrogens (tertiary/aromatic N) is 2. The van der Waals surface area contributed by atoms with E-state index in [4.69, 9.17) is 0 Å². The summed E-state index contributed by atoms with van der Waals surface area (Å²) in [5.41, 5.74) is 3.14. The summed E-state index contributed by atoms with van der Waals surface area (Å²) in [6.07, 6.45) is 5.69. The van der Waals surface area contributed by atoms with Crippen LogP contribution in [0.4, 0.5) is 0 Å². The first-order valence-corrected chi connectivity index (χ1v) is 11.3. The first kappa shape index (κ1) is 21.3. The lowest BCUT2D eigenvalue weighted by molar-refractivity contribution is 0.0758. The minimum atomic E-state index is 0.118. The van der Waals surface area contributed by atoms with Crippen LogP contribution in [0.25, 0.3) is 16.8 Å². The summed E-state index contributed by atoms with van der Waals surface area (Å²) in [7, 11) is 2.20. The minimum absolute atomic E-state index is 0.118. The molecule has 0 saturated carbocycles. The molecule has 3 heteroatoms. The van der Waals surface area contributed by atoms with E-state index in [-0.39, 0.29) is 5.91 Å².